The fourth-order valence-electron chi connectivity index (χ4n) is 2.19. The van der Waals surface area contributed by atoms with E-state index < -0.39 is 40.7 Å². The van der Waals surface area contributed by atoms with Crippen LogP contribution in [-0.4, -0.2) is 23.8 Å². The molecule has 0 aliphatic heterocycles. The number of benzene rings is 1. The van der Waals surface area contributed by atoms with E-state index in [2.05, 4.69) is 4.99 Å². The zero-order valence-electron chi connectivity index (χ0n) is 13.5. The molecule has 1 aromatic carbocycles. The molecule has 0 saturated heterocycles. The van der Waals surface area contributed by atoms with Gasteiger partial charge in [-0.3, -0.25) is 0 Å². The number of nitrogens with zero attached hydrogens (tertiary/aromatic N) is 1. The molecule has 1 aromatic rings. The van der Waals surface area contributed by atoms with Gasteiger partial charge >= 0.3 is 12.4 Å². The Balaban J connectivity index is 2.35. The molecule has 0 aromatic heterocycles. The summed E-state index contributed by atoms with van der Waals surface area (Å²) in [5.74, 6) is -2.20. The largest absolute Gasteiger partial charge is 0.429 e. The summed E-state index contributed by atoms with van der Waals surface area (Å²) in [6, 6.07) is 1.85. The number of aryl methyl sites for hydroxylation is 1. The highest BCUT2D eigenvalue weighted by Crippen LogP contribution is 2.50. The van der Waals surface area contributed by atoms with Crippen molar-refractivity contribution in [2.24, 2.45) is 10.4 Å². The molecule has 1 nitrogen and oxygen atoms in total. The van der Waals surface area contributed by atoms with Crippen molar-refractivity contribution in [2.45, 2.75) is 50.4 Å². The van der Waals surface area contributed by atoms with Crippen LogP contribution in [-0.2, 0) is 0 Å². The van der Waals surface area contributed by atoms with Crippen LogP contribution in [0.4, 0.5) is 36.4 Å². The predicted molar refractivity (Wildman–Crippen MR) is 83.0 cm³/mol. The first-order chi connectivity index (χ1) is 11.3. The second-order valence-corrected chi connectivity index (χ2v) is 7.53. The Morgan fingerprint density at radius 2 is 1.76 bits per heavy atom. The summed E-state index contributed by atoms with van der Waals surface area (Å²) < 4.78 is 90.5. The maximum Gasteiger partial charge on any atom is 0.429 e. The van der Waals surface area contributed by atoms with Crippen molar-refractivity contribution >= 4 is 23.2 Å². The highest BCUT2D eigenvalue weighted by molar-refractivity contribution is 7.99. The van der Waals surface area contributed by atoms with Crippen molar-refractivity contribution in [1.82, 2.24) is 0 Å². The number of hydrogen-bond acceptors (Lipinski definition) is 2. The predicted octanol–water partition coefficient (Wildman–Crippen LogP) is 6.61. The second-order valence-electron chi connectivity index (χ2n) is 6.52. The summed E-state index contributed by atoms with van der Waals surface area (Å²) in [5.41, 5.74) is -1.98. The van der Waals surface area contributed by atoms with Crippen LogP contribution in [0.2, 0.25) is 0 Å². The van der Waals surface area contributed by atoms with Crippen molar-refractivity contribution in [1.29, 1.82) is 0 Å². The van der Waals surface area contributed by atoms with Crippen LogP contribution in [0.3, 0.4) is 0 Å². The molecule has 9 heteroatoms. The van der Waals surface area contributed by atoms with Crippen molar-refractivity contribution in [3.63, 3.8) is 0 Å². The molecule has 0 bridgehead atoms. The van der Waals surface area contributed by atoms with E-state index in [9.17, 15) is 30.7 Å². The standard InChI is InChI=1S/C16H16F7NS/c1-9-5-10(17)11(6-12(9)25-8-15(18,19)20)24-13(16(21,22)23)7-14(2)3-4-14/h5-6H,3-4,7-8H2,1-2H3. The molecule has 0 amide bonds. The van der Waals surface area contributed by atoms with E-state index >= 15 is 0 Å². The lowest BCUT2D eigenvalue weighted by Gasteiger charge is -2.15. The Labute approximate surface area is 144 Å². The summed E-state index contributed by atoms with van der Waals surface area (Å²) in [5, 5.41) is 0. The van der Waals surface area contributed by atoms with Crippen LogP contribution in [0.25, 0.3) is 0 Å². The molecule has 0 N–H and O–H groups in total. The summed E-state index contributed by atoms with van der Waals surface area (Å²) in [7, 11) is 0. The van der Waals surface area contributed by atoms with Gasteiger partial charge in [-0.15, -0.1) is 11.8 Å². The molecule has 0 radical (unpaired) electrons. The van der Waals surface area contributed by atoms with Crippen LogP contribution in [0, 0.1) is 18.2 Å². The molecular formula is C16H16F7NS. The highest BCUT2D eigenvalue weighted by atomic mass is 32.2. The van der Waals surface area contributed by atoms with Crippen LogP contribution in [0.1, 0.15) is 31.7 Å². The first kappa shape index (κ1) is 20.1. The van der Waals surface area contributed by atoms with E-state index in [1.54, 1.807) is 6.92 Å². The van der Waals surface area contributed by atoms with Crippen molar-refractivity contribution in [2.75, 3.05) is 5.75 Å². The van der Waals surface area contributed by atoms with Gasteiger partial charge in [-0.25, -0.2) is 9.38 Å². The molecule has 25 heavy (non-hydrogen) atoms. The van der Waals surface area contributed by atoms with Gasteiger partial charge in [0.1, 0.15) is 17.2 Å². The van der Waals surface area contributed by atoms with E-state index in [1.807, 2.05) is 0 Å². The third-order valence-corrected chi connectivity index (χ3v) is 5.14. The summed E-state index contributed by atoms with van der Waals surface area (Å²) in [4.78, 5) is 3.48. The minimum Gasteiger partial charge on any atom is -0.245 e. The van der Waals surface area contributed by atoms with Gasteiger partial charge < -0.3 is 0 Å². The molecule has 1 fully saturated rings. The maximum atomic E-state index is 14.0. The minimum atomic E-state index is -4.72. The third-order valence-electron chi connectivity index (χ3n) is 3.92. The van der Waals surface area contributed by atoms with Gasteiger partial charge in [0.15, 0.2) is 0 Å². The Morgan fingerprint density at radius 3 is 2.24 bits per heavy atom. The number of alkyl halides is 6. The molecule has 140 valence electrons. The number of aliphatic imine (C=N–C) groups is 1. The maximum absolute atomic E-state index is 14.0. The van der Waals surface area contributed by atoms with Crippen molar-refractivity contribution in [3.8, 4) is 0 Å². The highest BCUT2D eigenvalue weighted by Gasteiger charge is 2.45. The molecule has 1 aliphatic carbocycles. The number of rotatable bonds is 5. The van der Waals surface area contributed by atoms with E-state index in [0.717, 1.165) is 12.1 Å². The average Bonchev–Trinajstić information content (AvgIpc) is 3.15. The van der Waals surface area contributed by atoms with E-state index in [0.29, 0.717) is 24.6 Å². The number of hydrogen-bond donors (Lipinski definition) is 0. The molecule has 0 heterocycles. The zero-order valence-corrected chi connectivity index (χ0v) is 14.3. The molecule has 1 aliphatic rings. The van der Waals surface area contributed by atoms with Crippen LogP contribution >= 0.6 is 11.8 Å². The number of thioether (sulfide) groups is 1. The average molecular weight is 387 g/mol. The Morgan fingerprint density at radius 1 is 1.16 bits per heavy atom. The van der Waals surface area contributed by atoms with Gasteiger partial charge in [-0.05, 0) is 42.9 Å². The van der Waals surface area contributed by atoms with Crippen molar-refractivity contribution in [3.05, 3.63) is 23.5 Å². The van der Waals surface area contributed by atoms with Crippen LogP contribution in [0.15, 0.2) is 22.0 Å². The molecule has 0 atom stereocenters. The molecule has 1 saturated carbocycles. The van der Waals surface area contributed by atoms with Gasteiger partial charge in [0.2, 0.25) is 0 Å². The second kappa shape index (κ2) is 6.81. The lowest BCUT2D eigenvalue weighted by molar-refractivity contribution is -0.105. The minimum absolute atomic E-state index is 0.0524. The Bertz CT molecular complexity index is 672. The molecule has 0 spiro atoms. The van der Waals surface area contributed by atoms with Crippen LogP contribution < -0.4 is 0 Å². The fraction of sp³-hybridized carbons (Fsp3) is 0.562. The Kier molecular flexibility index (Phi) is 5.47. The smallest absolute Gasteiger partial charge is 0.245 e. The summed E-state index contributed by atoms with van der Waals surface area (Å²) >= 11 is 0.395. The summed E-state index contributed by atoms with van der Waals surface area (Å²) in [6.07, 6.45) is -8.24. The lowest BCUT2D eigenvalue weighted by Crippen LogP contribution is -2.25. The summed E-state index contributed by atoms with van der Waals surface area (Å²) in [6.45, 7) is 3.08. The number of halogens is 7. The lowest BCUT2D eigenvalue weighted by atomic mass is 10.0. The quantitative estimate of drug-likeness (QED) is 0.314. The van der Waals surface area contributed by atoms with Crippen LogP contribution in [0.5, 0.6) is 0 Å². The van der Waals surface area contributed by atoms with E-state index in [1.165, 1.54) is 6.92 Å². The molecular weight excluding hydrogens is 371 g/mol. The topological polar surface area (TPSA) is 12.4 Å². The fourth-order valence-corrected chi connectivity index (χ4v) is 2.99. The zero-order chi connectivity index (χ0) is 19.0. The monoisotopic (exact) mass is 387 g/mol. The normalized spacial score (nSPS) is 17.7. The molecule has 0 unspecified atom stereocenters. The van der Waals surface area contributed by atoms with Gasteiger partial charge in [-0.1, -0.05) is 6.92 Å². The van der Waals surface area contributed by atoms with Crippen molar-refractivity contribution < 1.29 is 30.7 Å². The van der Waals surface area contributed by atoms with Gasteiger partial charge in [0.05, 0.1) is 5.75 Å². The third kappa shape index (κ3) is 5.90. The Hall–Kier alpha value is -1.25. The van der Waals surface area contributed by atoms with Gasteiger partial charge in [0.25, 0.3) is 0 Å². The molecule has 2 rings (SSSR count). The SMILES string of the molecule is Cc1cc(F)c(N=C(CC2(C)CC2)C(F)(F)F)cc1SCC(F)(F)F. The van der Waals surface area contributed by atoms with Gasteiger partial charge in [-0.2, -0.15) is 26.3 Å². The first-order valence-electron chi connectivity index (χ1n) is 7.44. The van der Waals surface area contributed by atoms with E-state index in [4.69, 9.17) is 0 Å². The van der Waals surface area contributed by atoms with E-state index in [-0.39, 0.29) is 16.9 Å². The van der Waals surface area contributed by atoms with Gasteiger partial charge in [0, 0.05) is 11.3 Å². The first-order valence-corrected chi connectivity index (χ1v) is 8.42.